The van der Waals surface area contributed by atoms with Gasteiger partial charge in [0.05, 0.1) is 6.04 Å². The van der Waals surface area contributed by atoms with E-state index in [0.29, 0.717) is 6.54 Å². The average Bonchev–Trinajstić information content (AvgIpc) is 3.19. The minimum absolute atomic E-state index is 0.00583. The van der Waals surface area contributed by atoms with Crippen molar-refractivity contribution in [2.75, 3.05) is 13.1 Å². The molecule has 6 heteroatoms. The van der Waals surface area contributed by atoms with Crippen LogP contribution in [0.3, 0.4) is 0 Å². The Labute approximate surface area is 134 Å². The Morgan fingerprint density at radius 3 is 3.04 bits per heavy atom. The van der Waals surface area contributed by atoms with Crippen molar-refractivity contribution >= 4 is 5.91 Å². The molecule has 23 heavy (non-hydrogen) atoms. The number of piperidine rings is 1. The van der Waals surface area contributed by atoms with Crippen LogP contribution in [0.4, 0.5) is 4.39 Å². The SMILES string of the molecule is O=C([C@@H]1C[C@H]1c1cccc(F)c1)N1CCC[C@H](n2cncn2)C1. The predicted octanol–water partition coefficient (Wildman–Crippen LogP) is 2.38. The van der Waals surface area contributed by atoms with Crippen LogP contribution in [0.2, 0.25) is 0 Å². The molecule has 2 aliphatic rings. The minimum atomic E-state index is -0.232. The van der Waals surface area contributed by atoms with Gasteiger partial charge in [0.1, 0.15) is 18.5 Å². The van der Waals surface area contributed by atoms with Crippen molar-refractivity contribution in [1.29, 1.82) is 0 Å². The second-order valence-electron chi connectivity index (χ2n) is 6.46. The van der Waals surface area contributed by atoms with Gasteiger partial charge in [-0.15, -0.1) is 0 Å². The standard InChI is InChI=1S/C17H19FN4O/c18-13-4-1-3-12(7-13)15-8-16(15)17(23)21-6-2-5-14(9-21)22-11-19-10-20-22/h1,3-4,7,10-11,14-16H,2,5-6,8-9H2/t14-,15-,16+/m0/s1. The van der Waals surface area contributed by atoms with Crippen LogP contribution >= 0.6 is 0 Å². The molecule has 120 valence electrons. The van der Waals surface area contributed by atoms with E-state index in [1.165, 1.54) is 12.4 Å². The molecule has 1 saturated heterocycles. The van der Waals surface area contributed by atoms with Crippen LogP contribution in [-0.4, -0.2) is 38.7 Å². The molecule has 0 radical (unpaired) electrons. The highest BCUT2D eigenvalue weighted by molar-refractivity contribution is 5.83. The van der Waals surface area contributed by atoms with Crippen LogP contribution in [-0.2, 0) is 4.79 Å². The van der Waals surface area contributed by atoms with Gasteiger partial charge >= 0.3 is 0 Å². The van der Waals surface area contributed by atoms with Gasteiger partial charge in [-0.3, -0.25) is 4.79 Å². The second-order valence-corrected chi connectivity index (χ2v) is 6.46. The fraction of sp³-hybridized carbons (Fsp3) is 0.471. The molecule has 1 aliphatic heterocycles. The van der Waals surface area contributed by atoms with Crippen LogP contribution < -0.4 is 0 Å². The molecule has 0 spiro atoms. The number of benzene rings is 1. The number of likely N-dealkylation sites (tertiary alicyclic amines) is 1. The average molecular weight is 314 g/mol. The molecule has 0 unspecified atom stereocenters. The molecule has 1 saturated carbocycles. The number of hydrogen-bond donors (Lipinski definition) is 0. The van der Waals surface area contributed by atoms with Gasteiger partial charge in [-0.05, 0) is 42.9 Å². The van der Waals surface area contributed by atoms with Crippen molar-refractivity contribution in [3.8, 4) is 0 Å². The number of carbonyl (C=O) groups is 1. The van der Waals surface area contributed by atoms with Crippen LogP contribution in [0.15, 0.2) is 36.9 Å². The van der Waals surface area contributed by atoms with E-state index in [1.807, 2.05) is 15.6 Å². The number of nitrogens with zero attached hydrogens (tertiary/aromatic N) is 4. The van der Waals surface area contributed by atoms with E-state index in [2.05, 4.69) is 10.1 Å². The maximum Gasteiger partial charge on any atom is 0.226 e. The molecule has 1 aliphatic carbocycles. The Kier molecular flexibility index (Phi) is 3.59. The van der Waals surface area contributed by atoms with E-state index in [1.54, 1.807) is 18.5 Å². The quantitative estimate of drug-likeness (QED) is 0.874. The second kappa shape index (κ2) is 5.76. The lowest BCUT2D eigenvalue weighted by Crippen LogP contribution is -2.41. The summed E-state index contributed by atoms with van der Waals surface area (Å²) in [6, 6.07) is 6.82. The first-order valence-electron chi connectivity index (χ1n) is 8.11. The summed E-state index contributed by atoms with van der Waals surface area (Å²) in [5.41, 5.74) is 0.938. The van der Waals surface area contributed by atoms with Crippen molar-refractivity contribution in [3.05, 3.63) is 48.3 Å². The summed E-state index contributed by atoms with van der Waals surface area (Å²) in [6.07, 6.45) is 6.07. The van der Waals surface area contributed by atoms with Crippen molar-refractivity contribution in [2.45, 2.75) is 31.2 Å². The monoisotopic (exact) mass is 314 g/mol. The lowest BCUT2D eigenvalue weighted by molar-refractivity contribution is -0.134. The molecule has 0 N–H and O–H groups in total. The molecule has 4 rings (SSSR count). The first-order chi connectivity index (χ1) is 11.2. The summed E-state index contributed by atoms with van der Waals surface area (Å²) in [5.74, 6) is 0.144. The van der Waals surface area contributed by atoms with Gasteiger partial charge in [-0.2, -0.15) is 5.10 Å². The Bertz CT molecular complexity index is 702. The molecule has 2 aromatic rings. The highest BCUT2D eigenvalue weighted by Gasteiger charge is 2.46. The summed E-state index contributed by atoms with van der Waals surface area (Å²) in [6.45, 7) is 1.49. The molecular weight excluding hydrogens is 295 g/mol. The van der Waals surface area contributed by atoms with Crippen molar-refractivity contribution < 1.29 is 9.18 Å². The molecule has 2 fully saturated rings. The molecular formula is C17H19FN4O. The van der Waals surface area contributed by atoms with E-state index in [0.717, 1.165) is 31.4 Å². The first-order valence-corrected chi connectivity index (χ1v) is 8.11. The summed E-state index contributed by atoms with van der Waals surface area (Å²) in [4.78, 5) is 18.7. The smallest absolute Gasteiger partial charge is 0.226 e. The Morgan fingerprint density at radius 2 is 2.26 bits per heavy atom. The van der Waals surface area contributed by atoms with Gasteiger partial charge in [0.2, 0.25) is 5.91 Å². The third kappa shape index (κ3) is 2.85. The van der Waals surface area contributed by atoms with E-state index < -0.39 is 0 Å². The third-order valence-corrected chi connectivity index (χ3v) is 4.90. The van der Waals surface area contributed by atoms with E-state index in [4.69, 9.17) is 0 Å². The number of carbonyl (C=O) groups excluding carboxylic acids is 1. The molecule has 0 bridgehead atoms. The van der Waals surface area contributed by atoms with E-state index in [-0.39, 0.29) is 29.6 Å². The fourth-order valence-corrected chi connectivity index (χ4v) is 3.58. The predicted molar refractivity (Wildman–Crippen MR) is 82.1 cm³/mol. The van der Waals surface area contributed by atoms with Crippen LogP contribution in [0.25, 0.3) is 0 Å². The number of aromatic nitrogens is 3. The van der Waals surface area contributed by atoms with Crippen LogP contribution in [0.1, 0.15) is 36.8 Å². The summed E-state index contributed by atoms with van der Waals surface area (Å²) in [7, 11) is 0. The molecule has 1 aromatic heterocycles. The largest absolute Gasteiger partial charge is 0.340 e. The van der Waals surface area contributed by atoms with Crippen LogP contribution in [0.5, 0.6) is 0 Å². The number of hydrogen-bond acceptors (Lipinski definition) is 3. The Hall–Kier alpha value is -2.24. The first kappa shape index (κ1) is 14.4. The Balaban J connectivity index is 1.42. The van der Waals surface area contributed by atoms with Gasteiger partial charge in [0.25, 0.3) is 0 Å². The minimum Gasteiger partial charge on any atom is -0.340 e. The van der Waals surface area contributed by atoms with Crippen molar-refractivity contribution in [3.63, 3.8) is 0 Å². The zero-order chi connectivity index (χ0) is 15.8. The summed E-state index contributed by atoms with van der Waals surface area (Å²) < 4.78 is 15.2. The molecule has 5 nitrogen and oxygen atoms in total. The van der Waals surface area contributed by atoms with Crippen molar-refractivity contribution in [1.82, 2.24) is 19.7 Å². The van der Waals surface area contributed by atoms with Gasteiger partial charge in [0.15, 0.2) is 0 Å². The Morgan fingerprint density at radius 1 is 1.35 bits per heavy atom. The maximum absolute atomic E-state index is 13.3. The lowest BCUT2D eigenvalue weighted by Gasteiger charge is -2.32. The van der Waals surface area contributed by atoms with Gasteiger partial charge in [-0.1, -0.05) is 12.1 Å². The maximum atomic E-state index is 13.3. The lowest BCUT2D eigenvalue weighted by atomic mass is 10.0. The zero-order valence-corrected chi connectivity index (χ0v) is 12.8. The third-order valence-electron chi connectivity index (χ3n) is 4.90. The van der Waals surface area contributed by atoms with Gasteiger partial charge in [-0.25, -0.2) is 14.1 Å². The van der Waals surface area contributed by atoms with Crippen molar-refractivity contribution in [2.24, 2.45) is 5.92 Å². The zero-order valence-electron chi connectivity index (χ0n) is 12.8. The van der Waals surface area contributed by atoms with Gasteiger partial charge in [0, 0.05) is 19.0 Å². The number of halogens is 1. The topological polar surface area (TPSA) is 51.0 Å². The number of rotatable bonds is 3. The highest BCUT2D eigenvalue weighted by atomic mass is 19.1. The fourth-order valence-electron chi connectivity index (χ4n) is 3.58. The summed E-state index contributed by atoms with van der Waals surface area (Å²) >= 11 is 0. The normalized spacial score (nSPS) is 27.0. The molecule has 2 heterocycles. The molecule has 1 amide bonds. The van der Waals surface area contributed by atoms with Gasteiger partial charge < -0.3 is 4.90 Å². The van der Waals surface area contributed by atoms with Crippen LogP contribution in [0, 0.1) is 11.7 Å². The van der Waals surface area contributed by atoms with E-state index >= 15 is 0 Å². The summed E-state index contributed by atoms with van der Waals surface area (Å²) in [5, 5.41) is 4.19. The molecule has 1 aromatic carbocycles. The highest BCUT2D eigenvalue weighted by Crippen LogP contribution is 2.48. The number of amides is 1. The van der Waals surface area contributed by atoms with E-state index in [9.17, 15) is 9.18 Å². The molecule has 3 atom stereocenters.